The van der Waals surface area contributed by atoms with E-state index in [4.69, 9.17) is 25.8 Å². The number of nitrogens with zero attached hydrogens (tertiary/aromatic N) is 4. The Morgan fingerprint density at radius 2 is 1.82 bits per heavy atom. The van der Waals surface area contributed by atoms with Crippen molar-refractivity contribution >= 4 is 28.5 Å². The van der Waals surface area contributed by atoms with Crippen LogP contribution in [0.5, 0.6) is 11.5 Å². The van der Waals surface area contributed by atoms with Crippen LogP contribution in [0.2, 0.25) is 5.15 Å². The van der Waals surface area contributed by atoms with Crippen LogP contribution in [0.3, 0.4) is 0 Å². The van der Waals surface area contributed by atoms with Gasteiger partial charge in [-0.25, -0.2) is 14.8 Å². The van der Waals surface area contributed by atoms with Crippen LogP contribution in [0.15, 0.2) is 18.5 Å². The van der Waals surface area contributed by atoms with Gasteiger partial charge in [0.2, 0.25) is 0 Å². The normalized spacial score (nSPS) is 18.4. The lowest BCUT2D eigenvalue weighted by Gasteiger charge is -2.37. The van der Waals surface area contributed by atoms with Crippen molar-refractivity contribution in [3.63, 3.8) is 0 Å². The Balaban J connectivity index is 1.42. The van der Waals surface area contributed by atoms with Gasteiger partial charge in [0.05, 0.1) is 25.8 Å². The molecular formula is C19H23ClN4O4. The summed E-state index contributed by atoms with van der Waals surface area (Å²) in [4.78, 5) is 24.6. The first-order chi connectivity index (χ1) is 13.7. The Bertz CT molecular complexity index is 851. The highest BCUT2D eigenvalue weighted by Crippen LogP contribution is 2.35. The number of benzene rings is 1. The van der Waals surface area contributed by atoms with E-state index in [1.54, 1.807) is 13.2 Å². The average Bonchev–Trinajstić information content (AvgIpc) is 2.74. The number of likely N-dealkylation sites (tertiary alicyclic amines) is 1. The number of urea groups is 1. The Hall–Kier alpha value is -2.32. The van der Waals surface area contributed by atoms with Gasteiger partial charge in [-0.3, -0.25) is 0 Å². The standard InChI is InChI=1S/C19H23ClN4O4/c1-26-16-11-15-14(18(20)22-12-21-15)10-17(16)28-13-2-4-23(5-3-13)19(25)24-6-8-27-9-7-24/h10-13H,2-9H2,1H3. The summed E-state index contributed by atoms with van der Waals surface area (Å²) < 4.78 is 17.0. The maximum absolute atomic E-state index is 12.6. The van der Waals surface area contributed by atoms with E-state index in [-0.39, 0.29) is 12.1 Å². The predicted octanol–water partition coefficient (Wildman–Crippen LogP) is 2.59. The van der Waals surface area contributed by atoms with E-state index in [1.165, 1.54) is 6.33 Å². The number of rotatable bonds is 3. The minimum atomic E-state index is 0.00324. The third kappa shape index (κ3) is 3.93. The van der Waals surface area contributed by atoms with Crippen molar-refractivity contribution in [2.45, 2.75) is 18.9 Å². The van der Waals surface area contributed by atoms with Crippen LogP contribution in [0.25, 0.3) is 10.9 Å². The van der Waals surface area contributed by atoms with E-state index in [0.717, 1.165) is 18.2 Å². The van der Waals surface area contributed by atoms with E-state index in [1.807, 2.05) is 15.9 Å². The van der Waals surface area contributed by atoms with Gasteiger partial charge in [0.1, 0.15) is 17.6 Å². The maximum Gasteiger partial charge on any atom is 0.320 e. The molecule has 0 unspecified atom stereocenters. The molecule has 9 heteroatoms. The fourth-order valence-electron chi connectivity index (χ4n) is 3.58. The van der Waals surface area contributed by atoms with Crippen molar-refractivity contribution in [2.75, 3.05) is 46.5 Å². The number of piperidine rings is 1. The van der Waals surface area contributed by atoms with Crippen molar-refractivity contribution in [2.24, 2.45) is 0 Å². The number of carbonyl (C=O) groups excluding carboxylic acids is 1. The minimum absolute atomic E-state index is 0.00324. The zero-order valence-corrected chi connectivity index (χ0v) is 16.5. The van der Waals surface area contributed by atoms with Gasteiger partial charge in [-0.1, -0.05) is 11.6 Å². The molecule has 1 aromatic heterocycles. The molecule has 2 amide bonds. The molecule has 0 radical (unpaired) electrons. The summed E-state index contributed by atoms with van der Waals surface area (Å²) >= 11 is 6.19. The highest BCUT2D eigenvalue weighted by molar-refractivity contribution is 6.34. The molecule has 1 aromatic carbocycles. The van der Waals surface area contributed by atoms with Crippen LogP contribution in [0.4, 0.5) is 4.79 Å². The number of halogens is 1. The molecule has 2 fully saturated rings. The summed E-state index contributed by atoms with van der Waals surface area (Å²) in [6, 6.07) is 3.71. The quantitative estimate of drug-likeness (QED) is 0.729. The minimum Gasteiger partial charge on any atom is -0.493 e. The zero-order valence-electron chi connectivity index (χ0n) is 15.8. The number of fused-ring (bicyclic) bond motifs is 1. The van der Waals surface area contributed by atoms with Crippen LogP contribution < -0.4 is 9.47 Å². The van der Waals surface area contributed by atoms with Gasteiger partial charge < -0.3 is 24.0 Å². The first kappa shape index (κ1) is 19.0. The van der Waals surface area contributed by atoms with E-state index in [9.17, 15) is 4.79 Å². The summed E-state index contributed by atoms with van der Waals surface area (Å²) in [5, 5.41) is 1.10. The Kier molecular flexibility index (Phi) is 5.68. The number of ether oxygens (including phenoxy) is 3. The van der Waals surface area contributed by atoms with Crippen LogP contribution in [0, 0.1) is 0 Å². The van der Waals surface area contributed by atoms with Crippen molar-refractivity contribution in [1.29, 1.82) is 0 Å². The highest BCUT2D eigenvalue weighted by Gasteiger charge is 2.28. The lowest BCUT2D eigenvalue weighted by Crippen LogP contribution is -2.51. The van der Waals surface area contributed by atoms with Crippen LogP contribution in [-0.4, -0.2) is 78.4 Å². The topological polar surface area (TPSA) is 77.0 Å². The third-order valence-electron chi connectivity index (χ3n) is 5.16. The Morgan fingerprint density at radius 1 is 1.11 bits per heavy atom. The van der Waals surface area contributed by atoms with Crippen molar-refractivity contribution < 1.29 is 19.0 Å². The van der Waals surface area contributed by atoms with Gasteiger partial charge in [0.15, 0.2) is 11.5 Å². The molecule has 2 aliphatic rings. The zero-order chi connectivity index (χ0) is 19.5. The molecule has 0 N–H and O–H groups in total. The number of amides is 2. The van der Waals surface area contributed by atoms with E-state index >= 15 is 0 Å². The molecule has 28 heavy (non-hydrogen) atoms. The molecule has 2 aliphatic heterocycles. The number of carbonyl (C=O) groups is 1. The smallest absolute Gasteiger partial charge is 0.320 e. The molecular weight excluding hydrogens is 384 g/mol. The predicted molar refractivity (Wildman–Crippen MR) is 104 cm³/mol. The number of aromatic nitrogens is 2. The molecule has 2 saturated heterocycles. The van der Waals surface area contributed by atoms with E-state index in [2.05, 4.69) is 9.97 Å². The summed E-state index contributed by atoms with van der Waals surface area (Å²) in [6.45, 7) is 3.87. The second-order valence-corrected chi connectivity index (χ2v) is 7.23. The third-order valence-corrected chi connectivity index (χ3v) is 5.46. The molecule has 0 atom stereocenters. The second kappa shape index (κ2) is 8.36. The van der Waals surface area contributed by atoms with Gasteiger partial charge in [-0.2, -0.15) is 0 Å². The van der Waals surface area contributed by atoms with Crippen molar-refractivity contribution in [3.05, 3.63) is 23.6 Å². The molecule has 150 valence electrons. The molecule has 8 nitrogen and oxygen atoms in total. The molecule has 3 heterocycles. The van der Waals surface area contributed by atoms with Gasteiger partial charge in [-0.15, -0.1) is 0 Å². The lowest BCUT2D eigenvalue weighted by atomic mass is 10.1. The highest BCUT2D eigenvalue weighted by atomic mass is 35.5. The first-order valence-electron chi connectivity index (χ1n) is 9.42. The van der Waals surface area contributed by atoms with Gasteiger partial charge in [-0.05, 0) is 6.07 Å². The number of hydrogen-bond donors (Lipinski definition) is 0. The number of hydrogen-bond acceptors (Lipinski definition) is 6. The van der Waals surface area contributed by atoms with Gasteiger partial charge in [0.25, 0.3) is 0 Å². The van der Waals surface area contributed by atoms with Crippen LogP contribution >= 0.6 is 11.6 Å². The average molecular weight is 407 g/mol. The largest absolute Gasteiger partial charge is 0.493 e. The molecule has 4 rings (SSSR count). The van der Waals surface area contributed by atoms with E-state index in [0.29, 0.717) is 61.6 Å². The summed E-state index contributed by atoms with van der Waals surface area (Å²) in [6.07, 6.45) is 2.95. The summed E-state index contributed by atoms with van der Waals surface area (Å²) in [7, 11) is 1.60. The molecule has 0 saturated carbocycles. The molecule has 0 bridgehead atoms. The fraction of sp³-hybridized carbons (Fsp3) is 0.526. The summed E-state index contributed by atoms with van der Waals surface area (Å²) in [5.41, 5.74) is 0.704. The summed E-state index contributed by atoms with van der Waals surface area (Å²) in [5.74, 6) is 1.22. The fourth-order valence-corrected chi connectivity index (χ4v) is 3.78. The van der Waals surface area contributed by atoms with Crippen LogP contribution in [0.1, 0.15) is 12.8 Å². The van der Waals surface area contributed by atoms with Gasteiger partial charge in [0, 0.05) is 50.5 Å². The Morgan fingerprint density at radius 3 is 2.54 bits per heavy atom. The molecule has 2 aromatic rings. The first-order valence-corrected chi connectivity index (χ1v) is 9.80. The van der Waals surface area contributed by atoms with Gasteiger partial charge >= 0.3 is 6.03 Å². The van der Waals surface area contributed by atoms with E-state index < -0.39 is 0 Å². The van der Waals surface area contributed by atoms with Crippen LogP contribution in [-0.2, 0) is 4.74 Å². The monoisotopic (exact) mass is 406 g/mol. The Labute approximate surface area is 168 Å². The van der Waals surface area contributed by atoms with Crippen molar-refractivity contribution in [3.8, 4) is 11.5 Å². The lowest BCUT2D eigenvalue weighted by molar-refractivity contribution is 0.0359. The SMILES string of the molecule is COc1cc2ncnc(Cl)c2cc1OC1CCN(C(=O)N2CCOCC2)CC1. The second-order valence-electron chi connectivity index (χ2n) is 6.87. The number of methoxy groups -OCH3 is 1. The molecule has 0 spiro atoms. The number of morpholine rings is 1. The van der Waals surface area contributed by atoms with Crippen molar-refractivity contribution in [1.82, 2.24) is 19.8 Å². The molecule has 0 aliphatic carbocycles. The maximum atomic E-state index is 12.6.